The first-order chi connectivity index (χ1) is 12.8. The summed E-state index contributed by atoms with van der Waals surface area (Å²) < 4.78 is 22.9. The number of nitrogens with two attached hydrogens (primary N) is 1. The lowest BCUT2D eigenvalue weighted by Gasteiger charge is -2.16. The molecule has 10 heteroatoms. The molecule has 1 aromatic heterocycles. The number of amides is 1. The molecule has 0 fully saturated rings. The first-order valence-corrected chi connectivity index (χ1v) is 9.09. The van der Waals surface area contributed by atoms with Gasteiger partial charge in [-0.15, -0.1) is 0 Å². The fraction of sp³-hybridized carbons (Fsp3) is 0.235. The maximum atomic E-state index is 12.1. The van der Waals surface area contributed by atoms with Gasteiger partial charge < -0.3 is 20.7 Å². The molecule has 9 nitrogen and oxygen atoms in total. The highest BCUT2D eigenvalue weighted by Gasteiger charge is 2.18. The van der Waals surface area contributed by atoms with Gasteiger partial charge in [0.1, 0.15) is 11.9 Å². The van der Waals surface area contributed by atoms with Crippen LogP contribution in [-0.4, -0.2) is 43.3 Å². The fourth-order valence-corrected chi connectivity index (χ4v) is 2.74. The van der Waals surface area contributed by atoms with Crippen molar-refractivity contribution in [1.82, 2.24) is 15.0 Å². The predicted octanol–water partition coefficient (Wildman–Crippen LogP) is 0.0157. The van der Waals surface area contributed by atoms with Gasteiger partial charge in [0.15, 0.2) is 0 Å². The standard InChI is InChI=1S/C17H20N4O5S/c18-15-3-1-2-13(20-15)9-6-11-4-7-12(8-5-11)16(22)19-10-14(17(23)24)21-27(25)26/h1-5,7-8,14,21H,6,9-10H2,(H2,18,20)(H,19,22)(H,23,24)(H,25,26)/p-1/t14-/m0/s1. The molecule has 1 heterocycles. The molecule has 2 atom stereocenters. The number of nitrogens with one attached hydrogen (secondary N) is 2. The first-order valence-electron chi connectivity index (χ1n) is 8.02. The summed E-state index contributed by atoms with van der Waals surface area (Å²) >= 11 is -2.74. The van der Waals surface area contributed by atoms with Crippen molar-refractivity contribution in [3.8, 4) is 0 Å². The van der Waals surface area contributed by atoms with E-state index in [1.54, 1.807) is 30.3 Å². The Morgan fingerprint density at radius 1 is 1.19 bits per heavy atom. The summed E-state index contributed by atoms with van der Waals surface area (Å²) in [5.74, 6) is -1.41. The molecule has 5 N–H and O–H groups in total. The van der Waals surface area contributed by atoms with E-state index in [9.17, 15) is 18.4 Å². The Kier molecular flexibility index (Phi) is 7.41. The van der Waals surface area contributed by atoms with Gasteiger partial charge in [0, 0.05) is 29.1 Å². The van der Waals surface area contributed by atoms with Gasteiger partial charge in [-0.2, -0.15) is 0 Å². The van der Waals surface area contributed by atoms with E-state index >= 15 is 0 Å². The number of anilines is 1. The number of carbonyl (C=O) groups excluding carboxylic acids is 1. The van der Waals surface area contributed by atoms with Crippen molar-refractivity contribution < 1.29 is 23.5 Å². The summed E-state index contributed by atoms with van der Waals surface area (Å²) in [4.78, 5) is 27.2. The van der Waals surface area contributed by atoms with Gasteiger partial charge in [0.05, 0.1) is 0 Å². The monoisotopic (exact) mass is 391 g/mol. The van der Waals surface area contributed by atoms with Crippen molar-refractivity contribution in [2.45, 2.75) is 18.9 Å². The molecule has 2 rings (SSSR count). The second kappa shape index (κ2) is 9.76. The van der Waals surface area contributed by atoms with E-state index in [1.807, 2.05) is 16.9 Å². The highest BCUT2D eigenvalue weighted by molar-refractivity contribution is 7.77. The quantitative estimate of drug-likeness (QED) is 0.439. The molecule has 1 aromatic carbocycles. The van der Waals surface area contributed by atoms with Crippen molar-refractivity contribution >= 4 is 29.0 Å². The van der Waals surface area contributed by atoms with Gasteiger partial charge in [-0.05, 0) is 42.7 Å². The summed E-state index contributed by atoms with van der Waals surface area (Å²) in [6, 6.07) is 10.8. The van der Waals surface area contributed by atoms with Crippen LogP contribution in [0.15, 0.2) is 42.5 Å². The third-order valence-corrected chi connectivity index (χ3v) is 4.19. The number of nitrogen functional groups attached to an aromatic ring is 1. The Morgan fingerprint density at radius 3 is 2.48 bits per heavy atom. The minimum absolute atomic E-state index is 0.341. The largest absolute Gasteiger partial charge is 0.760 e. The summed E-state index contributed by atoms with van der Waals surface area (Å²) in [6.07, 6.45) is 1.42. The Hall–Kier alpha value is -2.82. The Balaban J connectivity index is 1.89. The van der Waals surface area contributed by atoms with Crippen LogP contribution in [0.4, 0.5) is 5.82 Å². The van der Waals surface area contributed by atoms with E-state index in [0.717, 1.165) is 17.7 Å². The predicted molar refractivity (Wildman–Crippen MR) is 98.3 cm³/mol. The van der Waals surface area contributed by atoms with Gasteiger partial charge >= 0.3 is 5.97 Å². The van der Waals surface area contributed by atoms with Gasteiger partial charge in [0.25, 0.3) is 5.91 Å². The van der Waals surface area contributed by atoms with Gasteiger partial charge in [-0.3, -0.25) is 13.8 Å². The van der Waals surface area contributed by atoms with Crippen LogP contribution < -0.4 is 15.8 Å². The molecule has 0 radical (unpaired) electrons. The van der Waals surface area contributed by atoms with Crippen LogP contribution in [0, 0.1) is 0 Å². The number of aromatic nitrogens is 1. The number of carboxylic acid groups (broad SMARTS) is 1. The minimum atomic E-state index is -2.74. The first kappa shape index (κ1) is 20.5. The van der Waals surface area contributed by atoms with Crippen molar-refractivity contribution in [2.24, 2.45) is 0 Å². The number of nitrogens with zero attached hydrogens (tertiary/aromatic N) is 1. The third-order valence-electron chi connectivity index (χ3n) is 3.72. The van der Waals surface area contributed by atoms with Crippen molar-refractivity contribution in [3.63, 3.8) is 0 Å². The molecular weight excluding hydrogens is 372 g/mol. The number of benzene rings is 1. The van der Waals surface area contributed by atoms with Crippen LogP contribution in [0.5, 0.6) is 0 Å². The number of pyridine rings is 1. The number of hydrogen-bond donors (Lipinski definition) is 4. The highest BCUT2D eigenvalue weighted by Crippen LogP contribution is 2.09. The van der Waals surface area contributed by atoms with Crippen LogP contribution in [0.25, 0.3) is 0 Å². The molecule has 0 aliphatic heterocycles. The average molecular weight is 391 g/mol. The molecule has 0 aliphatic carbocycles. The lowest BCUT2D eigenvalue weighted by atomic mass is 10.1. The number of carbonyl (C=O) groups is 2. The topological polar surface area (TPSA) is 157 Å². The second-order valence-corrected chi connectivity index (χ2v) is 6.41. The van der Waals surface area contributed by atoms with E-state index in [0.29, 0.717) is 17.8 Å². The minimum Gasteiger partial charge on any atom is -0.760 e. The van der Waals surface area contributed by atoms with E-state index in [4.69, 9.17) is 10.8 Å². The molecule has 144 valence electrons. The molecular formula is C17H19N4O5S-. The summed E-state index contributed by atoms with van der Waals surface area (Å²) in [5.41, 5.74) is 7.86. The van der Waals surface area contributed by atoms with E-state index in [1.165, 1.54) is 0 Å². The summed E-state index contributed by atoms with van der Waals surface area (Å²) in [7, 11) is 0. The van der Waals surface area contributed by atoms with Crippen LogP contribution in [0.2, 0.25) is 0 Å². The molecule has 27 heavy (non-hydrogen) atoms. The SMILES string of the molecule is Nc1cccc(CCc2ccc(C(=O)NC[C@H](NS(=O)[O-])C(=O)O)cc2)n1. The van der Waals surface area contributed by atoms with Gasteiger partial charge in [0.2, 0.25) is 0 Å². The molecule has 0 saturated carbocycles. The van der Waals surface area contributed by atoms with E-state index < -0.39 is 29.2 Å². The molecule has 2 aromatic rings. The van der Waals surface area contributed by atoms with Crippen molar-refractivity contribution in [1.29, 1.82) is 0 Å². The van der Waals surface area contributed by atoms with Gasteiger partial charge in [-0.25, -0.2) is 9.71 Å². The molecule has 0 saturated heterocycles. The zero-order chi connectivity index (χ0) is 19.8. The molecule has 0 bridgehead atoms. The Bertz CT molecular complexity index is 828. The van der Waals surface area contributed by atoms with Crippen molar-refractivity contribution in [2.75, 3.05) is 12.3 Å². The fourth-order valence-electron chi connectivity index (χ4n) is 2.32. The van der Waals surface area contributed by atoms with Crippen molar-refractivity contribution in [3.05, 3.63) is 59.3 Å². The molecule has 0 aliphatic rings. The maximum absolute atomic E-state index is 12.1. The lowest BCUT2D eigenvalue weighted by molar-refractivity contribution is -0.138. The smallest absolute Gasteiger partial charge is 0.323 e. The van der Waals surface area contributed by atoms with Crippen LogP contribution in [0.3, 0.4) is 0 Å². The Morgan fingerprint density at radius 2 is 1.89 bits per heavy atom. The van der Waals surface area contributed by atoms with Gasteiger partial charge in [-0.1, -0.05) is 18.2 Å². The second-order valence-electron chi connectivity index (χ2n) is 5.70. The number of aryl methyl sites for hydroxylation is 2. The number of rotatable bonds is 9. The van der Waals surface area contributed by atoms with E-state index in [-0.39, 0.29) is 6.54 Å². The summed E-state index contributed by atoms with van der Waals surface area (Å²) in [5, 5.41) is 11.3. The van der Waals surface area contributed by atoms with E-state index in [2.05, 4.69) is 10.3 Å². The molecule has 1 amide bonds. The number of carboxylic acids is 1. The van der Waals surface area contributed by atoms with Crippen LogP contribution >= 0.6 is 0 Å². The normalized spacial score (nSPS) is 12.9. The Labute approximate surface area is 158 Å². The zero-order valence-electron chi connectivity index (χ0n) is 14.3. The van der Waals surface area contributed by atoms with Crippen LogP contribution in [-0.2, 0) is 28.9 Å². The maximum Gasteiger partial charge on any atom is 0.323 e. The third kappa shape index (κ3) is 6.77. The van der Waals surface area contributed by atoms with Crippen LogP contribution in [0.1, 0.15) is 21.6 Å². The number of hydrogen-bond acceptors (Lipinski definition) is 6. The zero-order valence-corrected chi connectivity index (χ0v) is 15.1. The molecule has 1 unspecified atom stereocenters. The molecule has 0 spiro atoms. The summed E-state index contributed by atoms with van der Waals surface area (Å²) in [6.45, 7) is -0.370. The number of aliphatic carboxylic acids is 1. The highest BCUT2D eigenvalue weighted by atomic mass is 32.2. The average Bonchev–Trinajstić information content (AvgIpc) is 2.63. The lowest BCUT2D eigenvalue weighted by Crippen LogP contribution is -2.46.